The molecule has 8 amide bonds. The number of aromatic hydroxyl groups is 1. The number of aliphatic carboxylic acids is 1. The number of nitrogens with two attached hydrogens (primary N) is 4. The van der Waals surface area contributed by atoms with Gasteiger partial charge in [-0.05, 0) is 82.0 Å². The monoisotopic (exact) mass is 1070 g/mol. The zero-order valence-corrected chi connectivity index (χ0v) is 42.5. The van der Waals surface area contributed by atoms with Gasteiger partial charge in [-0.3, -0.25) is 48.1 Å². The van der Waals surface area contributed by atoms with Crippen LogP contribution >= 0.6 is 0 Å². The Morgan fingerprint density at radius 2 is 1.12 bits per heavy atom. The SMILES string of the molecule is CC(=O)NC(CCCN=C(N)N)C(=O)N[C@@H](Cc1ccc(O)cc1)C(=O)NC(CCC(=O)O)C(=O)N[C@@H](CO)C(=O)NC(CCCCN)C(=O)NCCOCCOCCOCCC(=O)NC(CCCCN=N)C(N)=O. The van der Waals surface area contributed by atoms with E-state index >= 15 is 0 Å². The number of primary amides is 1. The van der Waals surface area contributed by atoms with Gasteiger partial charge in [0.1, 0.15) is 42.0 Å². The number of benzene rings is 1. The van der Waals surface area contributed by atoms with Gasteiger partial charge >= 0.3 is 5.97 Å². The number of aliphatic hydroxyl groups is 1. The Bertz CT molecular complexity index is 1980. The van der Waals surface area contributed by atoms with Gasteiger partial charge in [-0.1, -0.05) is 12.1 Å². The maximum absolute atomic E-state index is 14.0. The molecule has 6 atom stereocenters. The van der Waals surface area contributed by atoms with Gasteiger partial charge in [-0.15, -0.1) is 0 Å². The summed E-state index contributed by atoms with van der Waals surface area (Å²) in [5.74, 6) is -7.66. The largest absolute Gasteiger partial charge is 0.508 e. The molecule has 1 aromatic carbocycles. The molecule has 0 spiro atoms. The Kier molecular flexibility index (Phi) is 34.6. The van der Waals surface area contributed by atoms with Crippen molar-refractivity contribution in [1.29, 1.82) is 5.53 Å². The fourth-order valence-electron chi connectivity index (χ4n) is 6.84. The zero-order valence-electron chi connectivity index (χ0n) is 42.5. The van der Waals surface area contributed by atoms with Gasteiger partial charge in [-0.2, -0.15) is 5.11 Å². The number of amides is 8. The number of carboxylic acids is 1. The Hall–Kier alpha value is -7.08. The standard InChI is InChI=1S/C46H78N14O15/c1-29(62)55-34(9-6-18-53-46(49)50)42(69)59-36(27-30-10-12-31(63)13-11-30)44(71)58-35(14-15-39(65)66)43(70)60-37(28-61)45(72)57-33(8-2-4-17-47)41(68)52-20-22-74-24-26-75-25-23-73-21-16-38(64)56-32(40(48)67)7-3-5-19-54-51/h10-13,32-37,51,61,63H,2-9,14-28,47H2,1H3,(H2,48,67)(H,52,68)(H,55,62)(H,56,64)(H,57,72)(H,58,71)(H,59,69)(H,60,70)(H,65,66)(H4,49,50,53)/t32?,33?,34?,35?,36-,37-/m0/s1. The van der Waals surface area contributed by atoms with E-state index < -0.39 is 109 Å². The highest BCUT2D eigenvalue weighted by molar-refractivity contribution is 5.96. The summed E-state index contributed by atoms with van der Waals surface area (Å²) in [6, 6.07) is -2.29. The number of guanidine groups is 1. The Labute approximate surface area is 435 Å². The van der Waals surface area contributed by atoms with E-state index in [2.05, 4.69) is 47.3 Å². The van der Waals surface area contributed by atoms with E-state index in [4.69, 9.17) is 42.7 Å². The number of ether oxygens (including phenoxy) is 3. The van der Waals surface area contributed by atoms with Gasteiger partial charge in [0.15, 0.2) is 5.96 Å². The highest BCUT2D eigenvalue weighted by Gasteiger charge is 2.33. The van der Waals surface area contributed by atoms with Crippen molar-refractivity contribution in [1.82, 2.24) is 37.2 Å². The molecule has 0 saturated carbocycles. The van der Waals surface area contributed by atoms with Crippen LogP contribution < -0.4 is 60.2 Å². The molecule has 0 heterocycles. The molecule has 0 aromatic heterocycles. The van der Waals surface area contributed by atoms with Crippen LogP contribution in [0.1, 0.15) is 83.1 Å². The molecule has 75 heavy (non-hydrogen) atoms. The molecule has 0 aliphatic rings. The van der Waals surface area contributed by atoms with Crippen molar-refractivity contribution in [2.45, 2.75) is 120 Å². The number of phenolic OH excluding ortho intramolecular Hbond substituents is 1. The fourth-order valence-corrected chi connectivity index (χ4v) is 6.84. The van der Waals surface area contributed by atoms with E-state index in [9.17, 15) is 58.5 Å². The molecule has 0 aliphatic heterocycles. The molecule has 29 nitrogen and oxygen atoms in total. The number of phenols is 1. The number of unbranched alkanes of at least 4 members (excludes halogenated alkanes) is 2. The fraction of sp³-hybridized carbons (Fsp3) is 0.652. The Morgan fingerprint density at radius 3 is 1.69 bits per heavy atom. The number of aliphatic imine (C=N–C) groups is 1. The Morgan fingerprint density at radius 1 is 0.600 bits per heavy atom. The molecular weight excluding hydrogens is 989 g/mol. The average Bonchev–Trinajstić information content (AvgIpc) is 3.36. The first-order chi connectivity index (χ1) is 35.8. The molecule has 29 heteroatoms. The van der Waals surface area contributed by atoms with Crippen LogP contribution in [0.2, 0.25) is 0 Å². The van der Waals surface area contributed by atoms with E-state index in [0.717, 1.165) is 0 Å². The molecule has 1 rings (SSSR count). The lowest BCUT2D eigenvalue weighted by Gasteiger charge is -2.27. The van der Waals surface area contributed by atoms with E-state index in [1.165, 1.54) is 31.2 Å². The third-order valence-electron chi connectivity index (χ3n) is 10.8. The summed E-state index contributed by atoms with van der Waals surface area (Å²) < 4.78 is 16.4. The smallest absolute Gasteiger partial charge is 0.303 e. The minimum Gasteiger partial charge on any atom is -0.508 e. The predicted molar refractivity (Wildman–Crippen MR) is 269 cm³/mol. The maximum Gasteiger partial charge on any atom is 0.303 e. The molecule has 19 N–H and O–H groups in total. The molecule has 1 aromatic rings. The molecule has 0 bridgehead atoms. The number of carboxylic acid groups (broad SMARTS) is 1. The normalized spacial score (nSPS) is 13.3. The van der Waals surface area contributed by atoms with Crippen molar-refractivity contribution < 1.29 is 72.7 Å². The summed E-state index contributed by atoms with van der Waals surface area (Å²) in [7, 11) is 0. The summed E-state index contributed by atoms with van der Waals surface area (Å²) in [6.45, 7) is 1.83. The second-order valence-corrected chi connectivity index (χ2v) is 17.0. The van der Waals surface area contributed by atoms with Gasteiger partial charge in [-0.25, -0.2) is 5.53 Å². The van der Waals surface area contributed by atoms with Crippen LogP contribution in [0, 0.1) is 5.53 Å². The first kappa shape index (κ1) is 65.9. The number of carbonyl (C=O) groups excluding carboxylic acids is 8. The van der Waals surface area contributed by atoms with Crippen LogP contribution in [0.5, 0.6) is 5.75 Å². The van der Waals surface area contributed by atoms with Crippen LogP contribution in [0.4, 0.5) is 0 Å². The first-order valence-electron chi connectivity index (χ1n) is 24.6. The summed E-state index contributed by atoms with van der Waals surface area (Å²) in [5, 5.41) is 50.3. The van der Waals surface area contributed by atoms with E-state index in [1.54, 1.807) is 0 Å². The van der Waals surface area contributed by atoms with E-state index in [1.807, 2.05) is 0 Å². The lowest BCUT2D eigenvalue weighted by Crippen LogP contribution is -2.60. The summed E-state index contributed by atoms with van der Waals surface area (Å²) in [6.07, 6.45) is 1.49. The van der Waals surface area contributed by atoms with E-state index in [-0.39, 0.29) is 96.5 Å². The number of carbonyl (C=O) groups is 9. The van der Waals surface area contributed by atoms with Crippen molar-refractivity contribution in [3.8, 4) is 5.75 Å². The number of hydrogen-bond donors (Lipinski definition) is 15. The van der Waals surface area contributed by atoms with Crippen LogP contribution in [0.25, 0.3) is 0 Å². The van der Waals surface area contributed by atoms with Crippen LogP contribution in [0.3, 0.4) is 0 Å². The number of aliphatic hydroxyl groups excluding tert-OH is 1. The quantitative estimate of drug-likeness (QED) is 0.0129. The lowest BCUT2D eigenvalue weighted by atomic mass is 10.0. The minimum atomic E-state index is -1.69. The van der Waals surface area contributed by atoms with Crippen LogP contribution in [-0.2, 0) is 63.8 Å². The zero-order chi connectivity index (χ0) is 56.0. The van der Waals surface area contributed by atoms with E-state index in [0.29, 0.717) is 50.8 Å². The topological polar surface area (TPSA) is 479 Å². The molecule has 422 valence electrons. The summed E-state index contributed by atoms with van der Waals surface area (Å²) in [4.78, 5) is 119. The van der Waals surface area contributed by atoms with Crippen molar-refractivity contribution in [2.24, 2.45) is 33.0 Å². The van der Waals surface area contributed by atoms with Gasteiger partial charge in [0.2, 0.25) is 47.3 Å². The van der Waals surface area contributed by atoms with Gasteiger partial charge < -0.3 is 89.7 Å². The molecule has 0 fully saturated rings. The highest BCUT2D eigenvalue weighted by Crippen LogP contribution is 2.13. The first-order valence-corrected chi connectivity index (χ1v) is 24.6. The molecule has 0 aliphatic carbocycles. The van der Waals surface area contributed by atoms with Crippen molar-refractivity contribution in [3.63, 3.8) is 0 Å². The number of hydrogen-bond acceptors (Lipinski definition) is 18. The molecule has 4 unspecified atom stereocenters. The highest BCUT2D eigenvalue weighted by atomic mass is 16.5. The predicted octanol–water partition coefficient (Wildman–Crippen LogP) is -3.85. The lowest BCUT2D eigenvalue weighted by molar-refractivity contribution is -0.139. The number of nitrogens with one attached hydrogen (secondary N) is 8. The van der Waals surface area contributed by atoms with Crippen LogP contribution in [-0.4, -0.2) is 183 Å². The van der Waals surface area contributed by atoms with Crippen molar-refractivity contribution in [2.75, 3.05) is 72.4 Å². The maximum atomic E-state index is 14.0. The van der Waals surface area contributed by atoms with Crippen molar-refractivity contribution in [3.05, 3.63) is 29.8 Å². The summed E-state index contributed by atoms with van der Waals surface area (Å²) >= 11 is 0. The third-order valence-corrected chi connectivity index (χ3v) is 10.8. The second-order valence-electron chi connectivity index (χ2n) is 17.0. The third kappa shape index (κ3) is 31.3. The average molecular weight is 1070 g/mol. The van der Waals surface area contributed by atoms with Gasteiger partial charge in [0, 0.05) is 39.3 Å². The minimum absolute atomic E-state index is 0.00230. The molecular formula is C46H78N14O15. The molecule has 0 radical (unpaired) electrons. The molecule has 0 saturated heterocycles. The van der Waals surface area contributed by atoms with Gasteiger partial charge in [0.25, 0.3) is 0 Å². The van der Waals surface area contributed by atoms with Gasteiger partial charge in [0.05, 0.1) is 52.8 Å². The summed E-state index contributed by atoms with van der Waals surface area (Å²) in [5.41, 5.74) is 29.0. The second kappa shape index (κ2) is 39.4. The number of nitrogens with zero attached hydrogens (tertiary/aromatic N) is 2. The Balaban J connectivity index is 2.88. The van der Waals surface area contributed by atoms with Crippen LogP contribution in [0.15, 0.2) is 34.4 Å². The van der Waals surface area contributed by atoms with Crippen molar-refractivity contribution >= 4 is 59.2 Å². The number of rotatable bonds is 43.